The Morgan fingerprint density at radius 1 is 1.24 bits per heavy atom. The average molecular weight is 239 g/mol. The lowest BCUT2D eigenvalue weighted by Gasteiger charge is -2.24. The Bertz CT molecular complexity index is 397. The van der Waals surface area contributed by atoms with Gasteiger partial charge < -0.3 is 5.32 Å². The smallest absolute Gasteiger partial charge is 0.133 e. The van der Waals surface area contributed by atoms with Crippen molar-refractivity contribution in [1.82, 2.24) is 5.32 Å². The standard InChI is InChI=1S/C14H19F2N/c1-9-7-8-11(15)12(13(9)16)14(17-2)10-5-3-4-6-10/h7-8,10,14,17H,3-6H2,1-2H3. The van der Waals surface area contributed by atoms with Crippen LogP contribution in [0.4, 0.5) is 8.78 Å². The van der Waals surface area contributed by atoms with E-state index in [1.807, 2.05) is 0 Å². The summed E-state index contributed by atoms with van der Waals surface area (Å²) in [5.41, 5.74) is 0.735. The molecule has 0 amide bonds. The van der Waals surface area contributed by atoms with Crippen molar-refractivity contribution in [2.45, 2.75) is 38.6 Å². The lowest BCUT2D eigenvalue weighted by molar-refractivity contribution is 0.363. The van der Waals surface area contributed by atoms with Crippen LogP contribution in [-0.4, -0.2) is 7.05 Å². The maximum Gasteiger partial charge on any atom is 0.133 e. The molecule has 1 aliphatic carbocycles. The molecule has 1 fully saturated rings. The summed E-state index contributed by atoms with van der Waals surface area (Å²) in [6.07, 6.45) is 4.44. The average Bonchev–Trinajstić information content (AvgIpc) is 2.83. The largest absolute Gasteiger partial charge is 0.313 e. The molecule has 1 aliphatic rings. The van der Waals surface area contributed by atoms with Gasteiger partial charge in [0.2, 0.25) is 0 Å². The van der Waals surface area contributed by atoms with E-state index in [0.29, 0.717) is 11.5 Å². The van der Waals surface area contributed by atoms with Crippen molar-refractivity contribution in [3.63, 3.8) is 0 Å². The summed E-state index contributed by atoms with van der Waals surface area (Å²) in [5, 5.41) is 3.09. The Morgan fingerprint density at radius 3 is 2.47 bits per heavy atom. The van der Waals surface area contributed by atoms with Crippen molar-refractivity contribution >= 4 is 0 Å². The number of hydrogen-bond acceptors (Lipinski definition) is 1. The zero-order chi connectivity index (χ0) is 12.4. The molecule has 2 rings (SSSR count). The van der Waals surface area contributed by atoms with E-state index in [1.54, 1.807) is 14.0 Å². The third-order valence-electron chi connectivity index (χ3n) is 3.81. The van der Waals surface area contributed by atoms with Gasteiger partial charge in [0.1, 0.15) is 11.6 Å². The van der Waals surface area contributed by atoms with E-state index in [0.717, 1.165) is 25.7 Å². The van der Waals surface area contributed by atoms with Crippen LogP contribution in [-0.2, 0) is 0 Å². The summed E-state index contributed by atoms with van der Waals surface area (Å²) in [7, 11) is 1.78. The summed E-state index contributed by atoms with van der Waals surface area (Å²) < 4.78 is 27.9. The Labute approximate surface area is 101 Å². The van der Waals surface area contributed by atoms with Crippen LogP contribution in [0.15, 0.2) is 12.1 Å². The van der Waals surface area contributed by atoms with Gasteiger partial charge in [0, 0.05) is 11.6 Å². The van der Waals surface area contributed by atoms with Gasteiger partial charge in [-0.1, -0.05) is 18.9 Å². The first-order chi connectivity index (χ1) is 8.15. The van der Waals surface area contributed by atoms with Gasteiger partial charge in [-0.05, 0) is 44.4 Å². The quantitative estimate of drug-likeness (QED) is 0.847. The fraction of sp³-hybridized carbons (Fsp3) is 0.571. The minimum Gasteiger partial charge on any atom is -0.313 e. The van der Waals surface area contributed by atoms with Gasteiger partial charge >= 0.3 is 0 Å². The zero-order valence-corrected chi connectivity index (χ0v) is 10.4. The van der Waals surface area contributed by atoms with E-state index in [4.69, 9.17) is 0 Å². The van der Waals surface area contributed by atoms with Gasteiger partial charge in [-0.15, -0.1) is 0 Å². The summed E-state index contributed by atoms with van der Waals surface area (Å²) in [6, 6.07) is 2.67. The molecule has 17 heavy (non-hydrogen) atoms. The molecule has 0 heterocycles. The van der Waals surface area contributed by atoms with Crippen molar-refractivity contribution in [3.8, 4) is 0 Å². The SMILES string of the molecule is CNC(c1c(F)ccc(C)c1F)C1CCCC1. The third-order valence-corrected chi connectivity index (χ3v) is 3.81. The van der Waals surface area contributed by atoms with Crippen LogP contribution in [0, 0.1) is 24.5 Å². The van der Waals surface area contributed by atoms with Crippen molar-refractivity contribution in [3.05, 3.63) is 34.9 Å². The van der Waals surface area contributed by atoms with E-state index in [2.05, 4.69) is 5.32 Å². The first-order valence-corrected chi connectivity index (χ1v) is 6.27. The third kappa shape index (κ3) is 2.34. The van der Waals surface area contributed by atoms with E-state index in [1.165, 1.54) is 12.1 Å². The van der Waals surface area contributed by atoms with Crippen LogP contribution >= 0.6 is 0 Å². The van der Waals surface area contributed by atoms with Crippen molar-refractivity contribution in [1.29, 1.82) is 0 Å². The van der Waals surface area contributed by atoms with Gasteiger partial charge in [-0.3, -0.25) is 0 Å². The Kier molecular flexibility index (Phi) is 3.77. The number of rotatable bonds is 3. The van der Waals surface area contributed by atoms with Crippen molar-refractivity contribution in [2.75, 3.05) is 7.05 Å². The monoisotopic (exact) mass is 239 g/mol. The summed E-state index contributed by atoms with van der Waals surface area (Å²) in [4.78, 5) is 0. The molecule has 1 unspecified atom stereocenters. The molecule has 1 aromatic carbocycles. The molecule has 1 atom stereocenters. The van der Waals surface area contributed by atoms with E-state index in [-0.39, 0.29) is 11.6 Å². The predicted octanol–water partition coefficient (Wildman–Crippen LogP) is 3.72. The van der Waals surface area contributed by atoms with E-state index >= 15 is 0 Å². The number of hydrogen-bond donors (Lipinski definition) is 1. The molecule has 0 aromatic heterocycles. The number of aryl methyl sites for hydroxylation is 1. The fourth-order valence-corrected chi connectivity index (χ4v) is 2.87. The van der Waals surface area contributed by atoms with Crippen molar-refractivity contribution < 1.29 is 8.78 Å². The minimum atomic E-state index is -0.431. The maximum absolute atomic E-state index is 14.1. The van der Waals surface area contributed by atoms with Crippen LogP contribution < -0.4 is 5.32 Å². The maximum atomic E-state index is 14.1. The van der Waals surface area contributed by atoms with Crippen LogP contribution in [0.3, 0.4) is 0 Å². The molecule has 1 saturated carbocycles. The second-order valence-corrected chi connectivity index (χ2v) is 4.90. The summed E-state index contributed by atoms with van der Waals surface area (Å²) in [6.45, 7) is 1.68. The molecule has 0 bridgehead atoms. The highest BCUT2D eigenvalue weighted by atomic mass is 19.1. The van der Waals surface area contributed by atoms with E-state index < -0.39 is 11.6 Å². The fourth-order valence-electron chi connectivity index (χ4n) is 2.87. The summed E-state index contributed by atoms with van der Waals surface area (Å²) >= 11 is 0. The molecule has 94 valence electrons. The Morgan fingerprint density at radius 2 is 1.88 bits per heavy atom. The molecule has 1 aromatic rings. The number of nitrogens with one attached hydrogen (secondary N) is 1. The molecule has 0 spiro atoms. The van der Waals surface area contributed by atoms with Crippen LogP contribution in [0.1, 0.15) is 42.9 Å². The predicted molar refractivity (Wildman–Crippen MR) is 64.9 cm³/mol. The first kappa shape index (κ1) is 12.5. The lowest BCUT2D eigenvalue weighted by atomic mass is 9.90. The second-order valence-electron chi connectivity index (χ2n) is 4.90. The molecule has 0 aliphatic heterocycles. The molecular formula is C14H19F2N. The van der Waals surface area contributed by atoms with Gasteiger partial charge in [-0.2, -0.15) is 0 Å². The lowest BCUT2D eigenvalue weighted by Crippen LogP contribution is -2.26. The number of benzene rings is 1. The second kappa shape index (κ2) is 5.13. The molecule has 0 saturated heterocycles. The minimum absolute atomic E-state index is 0.197. The summed E-state index contributed by atoms with van der Waals surface area (Å²) in [5.74, 6) is -0.471. The number of halogens is 2. The van der Waals surface area contributed by atoms with Gasteiger partial charge in [-0.25, -0.2) is 8.78 Å². The van der Waals surface area contributed by atoms with Gasteiger partial charge in [0.15, 0.2) is 0 Å². The molecule has 0 radical (unpaired) electrons. The van der Waals surface area contributed by atoms with Gasteiger partial charge in [0.25, 0.3) is 0 Å². The molecule has 1 N–H and O–H groups in total. The zero-order valence-electron chi connectivity index (χ0n) is 10.4. The highest BCUT2D eigenvalue weighted by Crippen LogP contribution is 2.37. The van der Waals surface area contributed by atoms with Crippen molar-refractivity contribution in [2.24, 2.45) is 5.92 Å². The molecule has 3 heteroatoms. The highest BCUT2D eigenvalue weighted by Gasteiger charge is 2.29. The van der Waals surface area contributed by atoms with Crippen LogP contribution in [0.2, 0.25) is 0 Å². The highest BCUT2D eigenvalue weighted by molar-refractivity contribution is 5.29. The first-order valence-electron chi connectivity index (χ1n) is 6.27. The van der Waals surface area contributed by atoms with E-state index in [9.17, 15) is 8.78 Å². The molecular weight excluding hydrogens is 220 g/mol. The topological polar surface area (TPSA) is 12.0 Å². The molecule has 1 nitrogen and oxygen atoms in total. The van der Waals surface area contributed by atoms with Crippen LogP contribution in [0.25, 0.3) is 0 Å². The Hall–Kier alpha value is -0.960. The van der Waals surface area contributed by atoms with Gasteiger partial charge in [0.05, 0.1) is 0 Å². The Balaban J connectivity index is 2.39. The van der Waals surface area contributed by atoms with Crippen LogP contribution in [0.5, 0.6) is 0 Å². The normalized spacial score (nSPS) is 18.6.